The third kappa shape index (κ3) is 2.74. The molecule has 3 fully saturated rings. The first-order valence-corrected chi connectivity index (χ1v) is 13.0. The summed E-state index contributed by atoms with van der Waals surface area (Å²) in [5.41, 5.74) is 0.343. The molecular formula is C30H38O6. The molecule has 5 aliphatic carbocycles. The normalized spacial score (nSPS) is 45.9. The molecule has 3 saturated carbocycles. The van der Waals surface area contributed by atoms with Gasteiger partial charge in [0, 0.05) is 22.8 Å². The van der Waals surface area contributed by atoms with Crippen molar-refractivity contribution in [2.75, 3.05) is 7.11 Å². The molecule has 5 rings (SSSR count). The molecule has 3 unspecified atom stereocenters. The average Bonchev–Trinajstić information content (AvgIpc) is 2.81. The number of aliphatic hydroxyl groups is 2. The zero-order chi connectivity index (χ0) is 26.6. The van der Waals surface area contributed by atoms with Gasteiger partial charge in [-0.3, -0.25) is 14.4 Å². The van der Waals surface area contributed by atoms with Gasteiger partial charge in [-0.15, -0.1) is 0 Å². The van der Waals surface area contributed by atoms with Gasteiger partial charge in [-0.25, -0.2) is 0 Å². The van der Waals surface area contributed by atoms with E-state index < -0.39 is 39.1 Å². The van der Waals surface area contributed by atoms with Crippen molar-refractivity contribution in [3.8, 4) is 0 Å². The summed E-state index contributed by atoms with van der Waals surface area (Å²) in [6, 6.07) is 0. The number of fused-ring (bicyclic) bond motifs is 7. The minimum Gasteiger partial charge on any atom is -0.504 e. The van der Waals surface area contributed by atoms with Gasteiger partial charge in [-0.2, -0.15) is 0 Å². The van der Waals surface area contributed by atoms with Crippen molar-refractivity contribution < 1.29 is 29.3 Å². The van der Waals surface area contributed by atoms with Crippen LogP contribution in [0.3, 0.4) is 0 Å². The lowest BCUT2D eigenvalue weighted by Crippen LogP contribution is -2.68. The molecule has 0 radical (unpaired) electrons. The number of ether oxygens (including phenoxy) is 1. The summed E-state index contributed by atoms with van der Waals surface area (Å²) >= 11 is 0. The van der Waals surface area contributed by atoms with Gasteiger partial charge in [0.15, 0.2) is 5.76 Å². The Morgan fingerprint density at radius 2 is 1.72 bits per heavy atom. The molecule has 36 heavy (non-hydrogen) atoms. The number of carbonyl (C=O) groups excluding carboxylic acids is 3. The highest BCUT2D eigenvalue weighted by molar-refractivity contribution is 6.06. The van der Waals surface area contributed by atoms with Crippen LogP contribution in [0.4, 0.5) is 0 Å². The molecule has 7 atom stereocenters. The quantitative estimate of drug-likeness (QED) is 0.396. The van der Waals surface area contributed by atoms with Crippen LogP contribution in [0.2, 0.25) is 0 Å². The molecule has 0 spiro atoms. The van der Waals surface area contributed by atoms with Gasteiger partial charge in [-0.05, 0) is 73.5 Å². The van der Waals surface area contributed by atoms with Crippen molar-refractivity contribution in [3.05, 3.63) is 46.3 Å². The fourth-order valence-corrected chi connectivity index (χ4v) is 8.88. The molecule has 0 aliphatic heterocycles. The monoisotopic (exact) mass is 494 g/mol. The van der Waals surface area contributed by atoms with E-state index in [-0.39, 0.29) is 29.7 Å². The highest BCUT2D eigenvalue weighted by atomic mass is 16.5. The first kappa shape index (κ1) is 25.2. The summed E-state index contributed by atoms with van der Waals surface area (Å²) in [6.45, 7) is 12.1. The standard InChI is InChI=1S/C30H38O6/c1-16-17-8-9-20-27(3,18(17)12-19(31)24(16)34)10-11-29(5)21-13-28(4,25(35)36-7)22(32)14-26(21,2)15-23(33)30(20,29)6/h8-9,12,21,23,33-34H,10-11,13-15H2,1-7H3/t21?,23-,26?,27+,28?,29-,30+/m1/s1. The van der Waals surface area contributed by atoms with E-state index in [2.05, 4.69) is 33.8 Å². The highest BCUT2D eigenvalue weighted by Crippen LogP contribution is 2.75. The SMILES string of the molecule is COC(=O)C1(C)CC2C(C)(CC1=O)C[C@@H](O)[C@]1(C)C3=CC=C4C(=CC(=O)C(O)=C4C)[C@]3(C)CC[C@]21C. The minimum absolute atomic E-state index is 0.0173. The Labute approximate surface area is 213 Å². The van der Waals surface area contributed by atoms with E-state index in [4.69, 9.17) is 4.74 Å². The Morgan fingerprint density at radius 3 is 2.36 bits per heavy atom. The van der Waals surface area contributed by atoms with Crippen LogP contribution in [0.15, 0.2) is 46.3 Å². The number of rotatable bonds is 1. The molecule has 194 valence electrons. The maximum atomic E-state index is 13.3. The molecule has 0 aromatic heterocycles. The number of methoxy groups -OCH3 is 1. The maximum Gasteiger partial charge on any atom is 0.319 e. The van der Waals surface area contributed by atoms with Crippen molar-refractivity contribution in [2.24, 2.45) is 33.0 Å². The molecular weight excluding hydrogens is 456 g/mol. The molecule has 0 saturated heterocycles. The van der Waals surface area contributed by atoms with Gasteiger partial charge in [-0.1, -0.05) is 45.4 Å². The Balaban J connectivity index is 1.68. The summed E-state index contributed by atoms with van der Waals surface area (Å²) in [7, 11) is 1.33. The van der Waals surface area contributed by atoms with E-state index in [0.29, 0.717) is 18.4 Å². The van der Waals surface area contributed by atoms with Crippen LogP contribution in [0, 0.1) is 33.0 Å². The highest BCUT2D eigenvalue weighted by Gasteiger charge is 2.71. The molecule has 0 amide bonds. The topological polar surface area (TPSA) is 101 Å². The number of hydrogen-bond donors (Lipinski definition) is 2. The van der Waals surface area contributed by atoms with Crippen LogP contribution >= 0.6 is 0 Å². The van der Waals surface area contributed by atoms with Crippen molar-refractivity contribution >= 4 is 17.5 Å². The molecule has 0 aromatic carbocycles. The van der Waals surface area contributed by atoms with Gasteiger partial charge in [0.25, 0.3) is 0 Å². The van der Waals surface area contributed by atoms with Crippen molar-refractivity contribution in [1.29, 1.82) is 0 Å². The van der Waals surface area contributed by atoms with Gasteiger partial charge in [0.2, 0.25) is 5.78 Å². The zero-order valence-electron chi connectivity index (χ0n) is 22.4. The molecule has 0 heterocycles. The second-order valence-electron chi connectivity index (χ2n) is 13.1. The summed E-state index contributed by atoms with van der Waals surface area (Å²) in [4.78, 5) is 38.8. The Hall–Kier alpha value is -2.47. The van der Waals surface area contributed by atoms with Crippen molar-refractivity contribution in [2.45, 2.75) is 79.8 Å². The lowest BCUT2D eigenvalue weighted by Gasteiger charge is -2.70. The lowest BCUT2D eigenvalue weighted by atomic mass is 9.33. The molecule has 0 bridgehead atoms. The summed E-state index contributed by atoms with van der Waals surface area (Å²) in [5, 5.41) is 22.2. The smallest absolute Gasteiger partial charge is 0.319 e. The van der Waals surface area contributed by atoms with Gasteiger partial charge < -0.3 is 14.9 Å². The lowest BCUT2D eigenvalue weighted by molar-refractivity contribution is -0.211. The summed E-state index contributed by atoms with van der Waals surface area (Å²) in [5.74, 6) is -1.16. The van der Waals surface area contributed by atoms with Crippen molar-refractivity contribution in [3.63, 3.8) is 0 Å². The van der Waals surface area contributed by atoms with Crippen molar-refractivity contribution in [1.82, 2.24) is 0 Å². The molecule has 2 N–H and O–H groups in total. The second kappa shape index (κ2) is 7.31. The first-order chi connectivity index (χ1) is 16.6. The third-order valence-electron chi connectivity index (χ3n) is 11.4. The Kier molecular flexibility index (Phi) is 5.11. The zero-order valence-corrected chi connectivity index (χ0v) is 22.4. The van der Waals surface area contributed by atoms with Crippen LogP contribution in [0.25, 0.3) is 0 Å². The van der Waals surface area contributed by atoms with E-state index in [1.54, 1.807) is 19.9 Å². The molecule has 5 aliphatic rings. The number of esters is 1. The van der Waals surface area contributed by atoms with E-state index in [0.717, 1.165) is 29.6 Å². The number of carbonyl (C=O) groups is 3. The van der Waals surface area contributed by atoms with E-state index in [1.807, 2.05) is 6.08 Å². The predicted molar refractivity (Wildman–Crippen MR) is 135 cm³/mol. The fraction of sp³-hybridized carbons (Fsp3) is 0.633. The average molecular weight is 495 g/mol. The van der Waals surface area contributed by atoms with Crippen LogP contribution < -0.4 is 0 Å². The second-order valence-corrected chi connectivity index (χ2v) is 13.1. The number of hydrogen-bond acceptors (Lipinski definition) is 6. The van der Waals surface area contributed by atoms with Gasteiger partial charge in [0.1, 0.15) is 11.2 Å². The number of Topliss-reactive ketones (excluding diaryl/α,β-unsaturated/α-hetero) is 1. The Morgan fingerprint density at radius 1 is 1.06 bits per heavy atom. The van der Waals surface area contributed by atoms with Crippen LogP contribution in [0.5, 0.6) is 0 Å². The number of aliphatic hydroxyl groups excluding tert-OH is 2. The largest absolute Gasteiger partial charge is 0.504 e. The molecule has 6 heteroatoms. The van der Waals surface area contributed by atoms with Crippen LogP contribution in [0.1, 0.15) is 73.6 Å². The fourth-order valence-electron chi connectivity index (χ4n) is 8.88. The van der Waals surface area contributed by atoms with Gasteiger partial charge >= 0.3 is 5.97 Å². The van der Waals surface area contributed by atoms with Crippen LogP contribution in [-0.4, -0.2) is 41.0 Å². The first-order valence-electron chi connectivity index (χ1n) is 13.0. The minimum atomic E-state index is -1.20. The molecule has 0 aromatic rings. The Bertz CT molecular complexity index is 1230. The summed E-state index contributed by atoms with van der Waals surface area (Å²) < 4.78 is 5.09. The number of ketones is 2. The third-order valence-corrected chi connectivity index (χ3v) is 11.4. The van der Waals surface area contributed by atoms with Gasteiger partial charge in [0.05, 0.1) is 13.2 Å². The maximum absolute atomic E-state index is 13.3. The number of allylic oxidation sites excluding steroid dienone is 6. The summed E-state index contributed by atoms with van der Waals surface area (Å²) in [6.07, 6.45) is 7.59. The molecule has 6 nitrogen and oxygen atoms in total. The predicted octanol–water partition coefficient (Wildman–Crippen LogP) is 4.94. The van der Waals surface area contributed by atoms with Crippen LogP contribution in [-0.2, 0) is 19.1 Å². The van der Waals surface area contributed by atoms with E-state index in [1.165, 1.54) is 7.11 Å². The van der Waals surface area contributed by atoms with E-state index in [9.17, 15) is 24.6 Å². The van der Waals surface area contributed by atoms with E-state index >= 15 is 0 Å².